The molecule has 4 N–H and O–H groups in total. The molecule has 0 bridgehead atoms. The molecule has 1 unspecified atom stereocenters. The zero-order valence-corrected chi connectivity index (χ0v) is 23.1. The van der Waals surface area contributed by atoms with E-state index in [9.17, 15) is 37.8 Å². The highest BCUT2D eigenvalue weighted by molar-refractivity contribution is 5.92. The van der Waals surface area contributed by atoms with Gasteiger partial charge >= 0.3 is 17.9 Å². The van der Waals surface area contributed by atoms with Gasteiger partial charge < -0.3 is 20.5 Å². The van der Waals surface area contributed by atoms with Crippen molar-refractivity contribution in [1.29, 1.82) is 0 Å². The molecule has 228 valence electrons. The predicted octanol–water partition coefficient (Wildman–Crippen LogP) is 2.89. The molecular formula is C28H30F3N7O5. The van der Waals surface area contributed by atoms with Gasteiger partial charge in [0.25, 0.3) is 5.56 Å². The van der Waals surface area contributed by atoms with Crippen LogP contribution in [0.3, 0.4) is 0 Å². The second-order valence-electron chi connectivity index (χ2n) is 10.3. The molecule has 1 fully saturated rings. The average Bonchev–Trinajstić information content (AvgIpc) is 3.75. The Morgan fingerprint density at radius 3 is 2.67 bits per heavy atom. The van der Waals surface area contributed by atoms with E-state index in [-0.39, 0.29) is 41.0 Å². The first-order chi connectivity index (χ1) is 20.5. The molecular weight excluding hydrogens is 571 g/mol. The minimum atomic E-state index is -4.62. The van der Waals surface area contributed by atoms with Crippen LogP contribution in [0.5, 0.6) is 0 Å². The van der Waals surface area contributed by atoms with Crippen LogP contribution in [0, 0.1) is 0 Å². The number of carbonyl (C=O) groups is 1. The molecule has 0 spiro atoms. The van der Waals surface area contributed by atoms with E-state index in [1.54, 1.807) is 6.07 Å². The van der Waals surface area contributed by atoms with Gasteiger partial charge in [-0.05, 0) is 43.9 Å². The Bertz CT molecular complexity index is 1730. The van der Waals surface area contributed by atoms with Gasteiger partial charge in [0.05, 0.1) is 24.8 Å². The Hall–Kier alpha value is -4.50. The van der Waals surface area contributed by atoms with Crippen LogP contribution in [0.15, 0.2) is 63.5 Å². The molecule has 3 heterocycles. The van der Waals surface area contributed by atoms with Crippen LogP contribution in [-0.4, -0.2) is 65.8 Å². The standard InChI is InChI=1S/C28H30F3N7O5/c1-2-11-36-24-22(25(41)38(27(36)43)19-8-9-19)34-23(35-24)16-7-10-21(32-13-16)37(14-20(40)15-39)26(42)33-18-6-4-3-5-17(12-18)28(29,30)31/h3,5-7,10,12-13,19-20,39-40H,2,4,8-9,11,14-15H2,1H3,(H,33,42)(H,34,35). The number of nitrogens with zero attached hydrogens (tertiary/aromatic N) is 5. The summed E-state index contributed by atoms with van der Waals surface area (Å²) in [4.78, 5) is 52.2. The molecule has 0 saturated heterocycles. The number of rotatable bonds is 9. The first-order valence-corrected chi connectivity index (χ1v) is 13.8. The highest BCUT2D eigenvalue weighted by Gasteiger charge is 2.33. The van der Waals surface area contributed by atoms with Crippen LogP contribution < -0.4 is 21.5 Å². The molecule has 1 saturated carbocycles. The summed E-state index contributed by atoms with van der Waals surface area (Å²) < 4.78 is 42.6. The largest absolute Gasteiger partial charge is 0.416 e. The highest BCUT2D eigenvalue weighted by atomic mass is 19.4. The number of nitrogens with one attached hydrogen (secondary N) is 2. The van der Waals surface area contributed by atoms with Gasteiger partial charge in [-0.1, -0.05) is 25.2 Å². The molecule has 0 aliphatic heterocycles. The van der Waals surface area contributed by atoms with Gasteiger partial charge in [-0.3, -0.25) is 18.8 Å². The van der Waals surface area contributed by atoms with Gasteiger partial charge in [0.1, 0.15) is 17.2 Å². The third-order valence-corrected chi connectivity index (χ3v) is 6.98. The Kier molecular flexibility index (Phi) is 8.37. The number of carbonyl (C=O) groups excluding carboxylic acids is 1. The van der Waals surface area contributed by atoms with Crippen LogP contribution in [0.2, 0.25) is 0 Å². The summed E-state index contributed by atoms with van der Waals surface area (Å²) in [5, 5.41) is 21.9. The van der Waals surface area contributed by atoms with Crippen molar-refractivity contribution in [3.63, 3.8) is 0 Å². The lowest BCUT2D eigenvalue weighted by Gasteiger charge is -2.24. The topological polar surface area (TPSA) is 158 Å². The number of aryl methyl sites for hydroxylation is 1. The summed E-state index contributed by atoms with van der Waals surface area (Å²) in [6, 6.07) is 1.95. The third kappa shape index (κ3) is 6.32. The minimum Gasteiger partial charge on any atom is -0.394 e. The fourth-order valence-electron chi connectivity index (χ4n) is 4.71. The van der Waals surface area contributed by atoms with Crippen LogP contribution in [0.4, 0.5) is 23.8 Å². The molecule has 3 aromatic heterocycles. The number of anilines is 1. The van der Waals surface area contributed by atoms with Crippen molar-refractivity contribution >= 4 is 23.0 Å². The zero-order valence-electron chi connectivity index (χ0n) is 23.1. The molecule has 2 aliphatic carbocycles. The Balaban J connectivity index is 1.45. The number of aromatic nitrogens is 5. The van der Waals surface area contributed by atoms with Gasteiger partial charge in [0.15, 0.2) is 5.65 Å². The van der Waals surface area contributed by atoms with Crippen molar-refractivity contribution < 1.29 is 28.2 Å². The van der Waals surface area contributed by atoms with Gasteiger partial charge in [0, 0.05) is 30.0 Å². The molecule has 12 nitrogen and oxygen atoms in total. The van der Waals surface area contributed by atoms with Crippen LogP contribution >= 0.6 is 0 Å². The van der Waals surface area contributed by atoms with E-state index in [0.717, 1.165) is 29.9 Å². The maximum atomic E-state index is 13.3. The summed E-state index contributed by atoms with van der Waals surface area (Å²) >= 11 is 0. The lowest BCUT2D eigenvalue weighted by molar-refractivity contribution is -0.0882. The number of allylic oxidation sites excluding steroid dienone is 5. The number of aliphatic hydroxyl groups is 2. The number of hydrogen-bond acceptors (Lipinski definition) is 7. The molecule has 43 heavy (non-hydrogen) atoms. The fraction of sp³-hybridized carbons (Fsp3) is 0.393. The van der Waals surface area contributed by atoms with E-state index in [4.69, 9.17) is 0 Å². The van der Waals surface area contributed by atoms with E-state index in [1.807, 2.05) is 6.92 Å². The zero-order chi connectivity index (χ0) is 30.9. The molecule has 15 heteroatoms. The van der Waals surface area contributed by atoms with Gasteiger partial charge in [-0.25, -0.2) is 19.6 Å². The Labute approximate surface area is 242 Å². The quantitative estimate of drug-likeness (QED) is 0.294. The van der Waals surface area contributed by atoms with Crippen LogP contribution in [0.25, 0.3) is 22.6 Å². The molecule has 1 atom stereocenters. The monoisotopic (exact) mass is 601 g/mol. The van der Waals surface area contributed by atoms with Gasteiger partial charge in [-0.2, -0.15) is 13.2 Å². The third-order valence-electron chi connectivity index (χ3n) is 6.98. The van der Waals surface area contributed by atoms with E-state index in [1.165, 1.54) is 33.5 Å². The first kappa shape index (κ1) is 30.0. The van der Waals surface area contributed by atoms with Gasteiger partial charge in [0.2, 0.25) is 0 Å². The van der Waals surface area contributed by atoms with Crippen molar-refractivity contribution in [2.24, 2.45) is 0 Å². The number of H-pyrrole nitrogens is 1. The smallest absolute Gasteiger partial charge is 0.394 e. The summed E-state index contributed by atoms with van der Waals surface area (Å²) in [5.74, 6) is 0.285. The number of pyridine rings is 1. The van der Waals surface area contributed by atoms with E-state index < -0.39 is 48.3 Å². The number of hydrogen-bond donors (Lipinski definition) is 4. The molecule has 2 aliphatic rings. The van der Waals surface area contributed by atoms with E-state index in [2.05, 4.69) is 20.3 Å². The SMILES string of the molecule is CCCn1c(=O)n(C2CC2)c(=O)c2[nH]c(-c3ccc(N(CC(O)CO)C(=O)NC4=CCC=CC(C(F)(F)F)=C4)nc3)nc21. The minimum absolute atomic E-state index is 0.0243. The summed E-state index contributed by atoms with van der Waals surface area (Å²) in [7, 11) is 0. The normalized spacial score (nSPS) is 16.0. The maximum Gasteiger partial charge on any atom is 0.416 e. The average molecular weight is 602 g/mol. The Morgan fingerprint density at radius 1 is 1.28 bits per heavy atom. The second-order valence-corrected chi connectivity index (χ2v) is 10.3. The van der Waals surface area contributed by atoms with Crippen molar-refractivity contribution in [3.05, 3.63) is 74.7 Å². The molecule has 0 radical (unpaired) electrons. The molecule has 2 amide bonds. The predicted molar refractivity (Wildman–Crippen MR) is 151 cm³/mol. The summed E-state index contributed by atoms with van der Waals surface area (Å²) in [6.07, 6.45) is 2.11. The van der Waals surface area contributed by atoms with Crippen molar-refractivity contribution in [1.82, 2.24) is 29.4 Å². The second kappa shape index (κ2) is 12.0. The maximum absolute atomic E-state index is 13.3. The van der Waals surface area contributed by atoms with Gasteiger partial charge in [-0.15, -0.1) is 0 Å². The lowest BCUT2D eigenvalue weighted by atomic mass is 10.2. The van der Waals surface area contributed by atoms with Crippen molar-refractivity contribution in [2.75, 3.05) is 18.1 Å². The van der Waals surface area contributed by atoms with E-state index in [0.29, 0.717) is 18.5 Å². The fourth-order valence-corrected chi connectivity index (χ4v) is 4.71. The number of amides is 2. The van der Waals surface area contributed by atoms with E-state index >= 15 is 0 Å². The van der Waals surface area contributed by atoms with Crippen LogP contribution in [0.1, 0.15) is 38.6 Å². The van der Waals surface area contributed by atoms with Crippen LogP contribution in [-0.2, 0) is 6.54 Å². The molecule has 3 aromatic rings. The number of halogens is 3. The van der Waals surface area contributed by atoms with Crippen molar-refractivity contribution in [2.45, 2.75) is 57.5 Å². The number of alkyl halides is 3. The Morgan fingerprint density at radius 2 is 2.05 bits per heavy atom. The number of aliphatic hydroxyl groups excluding tert-OH is 2. The molecule has 0 aromatic carbocycles. The number of fused-ring (bicyclic) bond motifs is 1. The summed E-state index contributed by atoms with van der Waals surface area (Å²) in [6.45, 7) is 1.19. The first-order valence-electron chi connectivity index (χ1n) is 13.8. The molecule has 5 rings (SSSR count). The number of imidazole rings is 1. The number of urea groups is 1. The lowest BCUT2D eigenvalue weighted by Crippen LogP contribution is -2.45. The highest BCUT2D eigenvalue weighted by Crippen LogP contribution is 2.33. The van der Waals surface area contributed by atoms with Crippen molar-refractivity contribution in [3.8, 4) is 11.4 Å². The number of aromatic amines is 1. The summed E-state index contributed by atoms with van der Waals surface area (Å²) in [5.41, 5.74) is -1.08.